The van der Waals surface area contributed by atoms with E-state index < -0.39 is 0 Å². The second kappa shape index (κ2) is 9.43. The lowest BCUT2D eigenvalue weighted by Gasteiger charge is -2.29. The van der Waals surface area contributed by atoms with Gasteiger partial charge < -0.3 is 9.80 Å². The molecule has 26 heavy (non-hydrogen) atoms. The molecule has 3 rings (SSSR count). The molecule has 136 valence electrons. The number of hydrazone groups is 1. The fraction of sp³-hybridized carbons (Fsp3) is 0.316. The summed E-state index contributed by atoms with van der Waals surface area (Å²) in [6.45, 7) is 5.39. The van der Waals surface area contributed by atoms with Crippen LogP contribution >= 0.6 is 11.6 Å². The van der Waals surface area contributed by atoms with Crippen molar-refractivity contribution in [2.24, 2.45) is 5.10 Å². The van der Waals surface area contributed by atoms with E-state index in [9.17, 15) is 4.79 Å². The standard InChI is InChI=1S/C19H22ClN5O/c20-18-7-2-1-5-16(18)14-24-9-11-25(12-10-24)15-19(26)23-22-13-17-6-3-4-8-21-17/h1-8,13H,9-12,14-15H2,(H,23,26)/p+2/b22-13-. The van der Waals surface area contributed by atoms with E-state index in [4.69, 9.17) is 11.6 Å². The molecule has 7 heteroatoms. The van der Waals surface area contributed by atoms with Gasteiger partial charge in [0.15, 0.2) is 6.54 Å². The number of rotatable bonds is 6. The summed E-state index contributed by atoms with van der Waals surface area (Å²) in [5.41, 5.74) is 4.49. The van der Waals surface area contributed by atoms with Gasteiger partial charge in [-0.05, 0) is 18.2 Å². The van der Waals surface area contributed by atoms with Crippen LogP contribution in [0.15, 0.2) is 53.8 Å². The van der Waals surface area contributed by atoms with Gasteiger partial charge in [0, 0.05) is 16.8 Å². The third-order valence-corrected chi connectivity index (χ3v) is 4.92. The number of pyridine rings is 1. The highest BCUT2D eigenvalue weighted by atomic mass is 35.5. The molecule has 2 aromatic rings. The number of carbonyl (C=O) groups is 1. The molecule has 0 spiro atoms. The third kappa shape index (κ3) is 5.62. The minimum absolute atomic E-state index is 0.0678. The fourth-order valence-electron chi connectivity index (χ4n) is 3.11. The number of hydrogen-bond donors (Lipinski definition) is 3. The molecule has 0 aliphatic carbocycles. The van der Waals surface area contributed by atoms with E-state index >= 15 is 0 Å². The first-order valence-electron chi connectivity index (χ1n) is 8.84. The maximum absolute atomic E-state index is 12.0. The van der Waals surface area contributed by atoms with E-state index in [2.05, 4.69) is 21.6 Å². The molecule has 0 unspecified atom stereocenters. The average molecular weight is 374 g/mol. The number of aromatic nitrogens is 1. The summed E-state index contributed by atoms with van der Waals surface area (Å²) < 4.78 is 0. The molecule has 1 aliphatic heterocycles. The molecule has 2 heterocycles. The van der Waals surface area contributed by atoms with E-state index in [1.165, 1.54) is 15.4 Å². The Balaban J connectivity index is 1.39. The second-order valence-corrected chi connectivity index (χ2v) is 6.90. The van der Waals surface area contributed by atoms with Crippen LogP contribution in [0.4, 0.5) is 0 Å². The Morgan fingerprint density at radius 1 is 1.12 bits per heavy atom. The van der Waals surface area contributed by atoms with Crippen LogP contribution in [0.2, 0.25) is 5.02 Å². The first-order chi connectivity index (χ1) is 12.7. The third-order valence-electron chi connectivity index (χ3n) is 4.55. The van der Waals surface area contributed by atoms with Crippen LogP contribution in [0.25, 0.3) is 0 Å². The van der Waals surface area contributed by atoms with Gasteiger partial charge in [-0.2, -0.15) is 5.10 Å². The maximum Gasteiger partial charge on any atom is 0.295 e. The smallest absolute Gasteiger partial charge is 0.295 e. The number of amides is 1. The van der Waals surface area contributed by atoms with Gasteiger partial charge in [-0.25, -0.2) is 5.43 Å². The Labute approximate surface area is 158 Å². The molecule has 0 saturated carbocycles. The van der Waals surface area contributed by atoms with Gasteiger partial charge in [-0.3, -0.25) is 9.78 Å². The van der Waals surface area contributed by atoms with Crippen LogP contribution < -0.4 is 15.2 Å². The van der Waals surface area contributed by atoms with Crippen molar-refractivity contribution < 1.29 is 14.6 Å². The highest BCUT2D eigenvalue weighted by Gasteiger charge is 2.25. The van der Waals surface area contributed by atoms with Gasteiger partial charge in [0.1, 0.15) is 32.7 Å². The molecule has 1 amide bonds. The Morgan fingerprint density at radius 2 is 1.85 bits per heavy atom. The van der Waals surface area contributed by atoms with Crippen molar-refractivity contribution in [3.63, 3.8) is 0 Å². The monoisotopic (exact) mass is 373 g/mol. The van der Waals surface area contributed by atoms with Crippen LogP contribution in [0.1, 0.15) is 11.3 Å². The van der Waals surface area contributed by atoms with Gasteiger partial charge in [-0.1, -0.05) is 35.9 Å². The molecule has 1 fully saturated rings. The fourth-order valence-corrected chi connectivity index (χ4v) is 3.31. The summed E-state index contributed by atoms with van der Waals surface area (Å²) in [5, 5.41) is 4.80. The molecule has 1 aromatic heterocycles. The Bertz CT molecular complexity index is 745. The Hall–Kier alpha value is -2.28. The van der Waals surface area contributed by atoms with Gasteiger partial charge in [-0.15, -0.1) is 0 Å². The summed E-state index contributed by atoms with van der Waals surface area (Å²) in [5.74, 6) is -0.0678. The number of halogens is 1. The highest BCUT2D eigenvalue weighted by Crippen LogP contribution is 2.13. The zero-order valence-corrected chi connectivity index (χ0v) is 15.4. The highest BCUT2D eigenvalue weighted by molar-refractivity contribution is 6.31. The topological polar surface area (TPSA) is 63.2 Å². The maximum atomic E-state index is 12.0. The lowest BCUT2D eigenvalue weighted by atomic mass is 10.2. The van der Waals surface area contributed by atoms with Crippen molar-refractivity contribution in [2.45, 2.75) is 6.54 Å². The van der Waals surface area contributed by atoms with Gasteiger partial charge >= 0.3 is 0 Å². The molecule has 1 aliphatic rings. The number of piperazine rings is 1. The van der Waals surface area contributed by atoms with Gasteiger partial charge in [0.25, 0.3) is 5.91 Å². The Morgan fingerprint density at radius 3 is 2.58 bits per heavy atom. The van der Waals surface area contributed by atoms with E-state index in [0.29, 0.717) is 6.54 Å². The largest absolute Gasteiger partial charge is 0.322 e. The molecule has 0 bridgehead atoms. The van der Waals surface area contributed by atoms with Crippen LogP contribution in [0.3, 0.4) is 0 Å². The normalized spacial score (nSPS) is 20.2. The molecule has 6 nitrogen and oxygen atoms in total. The van der Waals surface area contributed by atoms with Crippen molar-refractivity contribution in [3.05, 3.63) is 64.9 Å². The van der Waals surface area contributed by atoms with Crippen molar-refractivity contribution in [2.75, 3.05) is 32.7 Å². The summed E-state index contributed by atoms with van der Waals surface area (Å²) in [6, 6.07) is 13.6. The zero-order chi connectivity index (χ0) is 18.2. The Kier molecular flexibility index (Phi) is 6.71. The number of carbonyl (C=O) groups excluding carboxylic acids is 1. The van der Waals surface area contributed by atoms with Crippen molar-refractivity contribution in [3.8, 4) is 0 Å². The van der Waals surface area contributed by atoms with Crippen molar-refractivity contribution in [1.82, 2.24) is 10.4 Å². The molecular weight excluding hydrogens is 350 g/mol. The van der Waals surface area contributed by atoms with E-state index in [-0.39, 0.29) is 5.91 Å². The summed E-state index contributed by atoms with van der Waals surface area (Å²) in [6.07, 6.45) is 3.25. The number of hydrogen-bond acceptors (Lipinski definition) is 3. The van der Waals surface area contributed by atoms with Gasteiger partial charge in [0.05, 0.1) is 11.9 Å². The number of benzene rings is 1. The average Bonchev–Trinajstić information content (AvgIpc) is 2.66. The van der Waals surface area contributed by atoms with Crippen LogP contribution in [-0.4, -0.2) is 49.8 Å². The first kappa shape index (κ1) is 18.5. The van der Waals surface area contributed by atoms with Crippen molar-refractivity contribution in [1.29, 1.82) is 0 Å². The molecule has 0 radical (unpaired) electrons. The number of quaternary nitrogens is 2. The minimum Gasteiger partial charge on any atom is -0.322 e. The zero-order valence-electron chi connectivity index (χ0n) is 14.6. The molecule has 1 aromatic carbocycles. The number of nitrogens with one attached hydrogen (secondary N) is 3. The summed E-state index contributed by atoms with van der Waals surface area (Å²) in [7, 11) is 0. The van der Waals surface area contributed by atoms with Crippen LogP contribution in [0.5, 0.6) is 0 Å². The van der Waals surface area contributed by atoms with Crippen LogP contribution in [-0.2, 0) is 11.3 Å². The first-order valence-corrected chi connectivity index (χ1v) is 9.22. The summed E-state index contributed by atoms with van der Waals surface area (Å²) in [4.78, 5) is 19.0. The van der Waals surface area contributed by atoms with E-state index in [1.807, 2.05) is 36.4 Å². The molecular formula is C19H24ClN5O+2. The lowest BCUT2D eigenvalue weighted by molar-refractivity contribution is -1.02. The predicted molar refractivity (Wildman–Crippen MR) is 101 cm³/mol. The molecule has 0 atom stereocenters. The van der Waals surface area contributed by atoms with Crippen molar-refractivity contribution >= 4 is 23.7 Å². The molecule has 1 saturated heterocycles. The minimum atomic E-state index is -0.0678. The SMILES string of the molecule is O=C(C[NH+]1CC[NH+](Cc2ccccc2Cl)CC1)N/N=C\c1ccccn1. The predicted octanol–water partition coefficient (Wildman–Crippen LogP) is -0.831. The van der Waals surface area contributed by atoms with Gasteiger partial charge in [0.2, 0.25) is 0 Å². The number of nitrogens with zero attached hydrogens (tertiary/aromatic N) is 2. The van der Waals surface area contributed by atoms with E-state index in [1.54, 1.807) is 12.4 Å². The quantitative estimate of drug-likeness (QED) is 0.457. The summed E-state index contributed by atoms with van der Waals surface area (Å²) >= 11 is 6.24. The van der Waals surface area contributed by atoms with Crippen LogP contribution in [0, 0.1) is 0 Å². The van der Waals surface area contributed by atoms with E-state index in [0.717, 1.165) is 43.4 Å². The lowest BCUT2D eigenvalue weighted by Crippen LogP contribution is -3.28. The molecule has 3 N–H and O–H groups in total. The second-order valence-electron chi connectivity index (χ2n) is 6.49.